The van der Waals surface area contributed by atoms with Gasteiger partial charge in [-0.05, 0) is 30.9 Å². The smallest absolute Gasteiger partial charge is 0.191 e. The van der Waals surface area contributed by atoms with Crippen LogP contribution in [0.4, 0.5) is 0 Å². The quantitative estimate of drug-likeness (QED) is 0.590. The van der Waals surface area contributed by atoms with Gasteiger partial charge in [-0.3, -0.25) is 0 Å². The second kappa shape index (κ2) is 9.17. The molecule has 0 aliphatic carbocycles. The molecule has 3 rings (SSSR count). The summed E-state index contributed by atoms with van der Waals surface area (Å²) in [6, 6.07) is 8.41. The molecule has 7 nitrogen and oxygen atoms in total. The average molecular weight is 342 g/mol. The fourth-order valence-corrected chi connectivity index (χ4v) is 2.86. The molecule has 0 bridgehead atoms. The normalized spacial score (nSPS) is 17.6. The van der Waals surface area contributed by atoms with Crippen molar-refractivity contribution in [1.82, 2.24) is 25.4 Å². The van der Waals surface area contributed by atoms with Crippen molar-refractivity contribution in [3.63, 3.8) is 0 Å². The highest BCUT2D eigenvalue weighted by molar-refractivity contribution is 5.79. The van der Waals surface area contributed by atoms with E-state index in [0.717, 1.165) is 45.0 Å². The second-order valence-electron chi connectivity index (χ2n) is 6.12. The number of hydrogen-bond donors (Lipinski definition) is 2. The van der Waals surface area contributed by atoms with Crippen molar-refractivity contribution in [3.8, 4) is 0 Å². The molecular weight excluding hydrogens is 316 g/mol. The number of rotatable bonds is 7. The van der Waals surface area contributed by atoms with Gasteiger partial charge in [0.15, 0.2) is 5.96 Å². The minimum absolute atomic E-state index is 0.301. The Morgan fingerprint density at radius 3 is 3.04 bits per heavy atom. The lowest BCUT2D eigenvalue weighted by Crippen LogP contribution is -2.41. The molecule has 1 unspecified atom stereocenters. The molecule has 1 aliphatic rings. The summed E-state index contributed by atoms with van der Waals surface area (Å²) in [5, 5.41) is 10.8. The van der Waals surface area contributed by atoms with Crippen LogP contribution < -0.4 is 10.6 Å². The number of guanidine groups is 1. The van der Waals surface area contributed by atoms with Gasteiger partial charge in [-0.1, -0.05) is 24.3 Å². The van der Waals surface area contributed by atoms with Crippen LogP contribution in [-0.2, 0) is 17.8 Å². The number of ether oxygens (including phenoxy) is 1. The van der Waals surface area contributed by atoms with Gasteiger partial charge in [0.1, 0.15) is 12.7 Å². The first-order valence-corrected chi connectivity index (χ1v) is 8.87. The van der Waals surface area contributed by atoms with Crippen LogP contribution in [0.1, 0.15) is 30.9 Å². The van der Waals surface area contributed by atoms with Crippen LogP contribution in [0.3, 0.4) is 0 Å². The lowest BCUT2D eigenvalue weighted by molar-refractivity contribution is 0.114. The van der Waals surface area contributed by atoms with Gasteiger partial charge < -0.3 is 15.4 Å². The molecule has 1 saturated heterocycles. The Labute approximate surface area is 148 Å². The maximum Gasteiger partial charge on any atom is 0.191 e. The third kappa shape index (κ3) is 5.56. The maximum atomic E-state index is 5.65. The van der Waals surface area contributed by atoms with E-state index < -0.39 is 0 Å². The zero-order chi connectivity index (χ0) is 17.3. The lowest BCUT2D eigenvalue weighted by Gasteiger charge is -2.14. The van der Waals surface area contributed by atoms with Crippen molar-refractivity contribution in [2.75, 3.05) is 19.7 Å². The predicted molar refractivity (Wildman–Crippen MR) is 97.4 cm³/mol. The molecule has 2 aromatic rings. The molecule has 1 fully saturated rings. The van der Waals surface area contributed by atoms with Crippen LogP contribution >= 0.6 is 0 Å². The average Bonchev–Trinajstić information content (AvgIpc) is 3.31. The minimum atomic E-state index is 0.301. The Kier molecular flexibility index (Phi) is 6.39. The summed E-state index contributed by atoms with van der Waals surface area (Å²) in [4.78, 5) is 8.66. The zero-order valence-electron chi connectivity index (χ0n) is 14.7. The fraction of sp³-hybridized carbons (Fsp3) is 0.500. The summed E-state index contributed by atoms with van der Waals surface area (Å²) < 4.78 is 7.47. The summed E-state index contributed by atoms with van der Waals surface area (Å²) >= 11 is 0. The van der Waals surface area contributed by atoms with Crippen LogP contribution in [-0.4, -0.2) is 46.5 Å². The van der Waals surface area contributed by atoms with Crippen molar-refractivity contribution in [2.45, 2.75) is 39.0 Å². The monoisotopic (exact) mass is 342 g/mol. The third-order valence-corrected chi connectivity index (χ3v) is 4.09. The van der Waals surface area contributed by atoms with E-state index in [9.17, 15) is 0 Å². The topological polar surface area (TPSA) is 76.4 Å². The van der Waals surface area contributed by atoms with Gasteiger partial charge in [0.25, 0.3) is 0 Å². The first-order valence-electron chi connectivity index (χ1n) is 8.87. The Bertz CT molecular complexity index is 664. The van der Waals surface area contributed by atoms with E-state index >= 15 is 0 Å². The summed E-state index contributed by atoms with van der Waals surface area (Å²) in [5.41, 5.74) is 2.36. The largest absolute Gasteiger partial charge is 0.376 e. The summed E-state index contributed by atoms with van der Waals surface area (Å²) in [5.74, 6) is 0.833. The molecule has 2 heterocycles. The molecule has 25 heavy (non-hydrogen) atoms. The fourth-order valence-electron chi connectivity index (χ4n) is 2.86. The highest BCUT2D eigenvalue weighted by Gasteiger charge is 2.15. The third-order valence-electron chi connectivity index (χ3n) is 4.09. The van der Waals surface area contributed by atoms with E-state index in [4.69, 9.17) is 4.74 Å². The molecule has 0 radical (unpaired) electrons. The number of hydrogen-bond acceptors (Lipinski definition) is 4. The molecule has 1 aromatic heterocycles. The molecule has 1 aromatic carbocycles. The van der Waals surface area contributed by atoms with Gasteiger partial charge in [0.2, 0.25) is 0 Å². The predicted octanol–water partition coefficient (Wildman–Crippen LogP) is 1.56. The lowest BCUT2D eigenvalue weighted by atomic mass is 10.1. The van der Waals surface area contributed by atoms with Crippen LogP contribution in [0.25, 0.3) is 0 Å². The molecule has 134 valence electrons. The van der Waals surface area contributed by atoms with Crippen LogP contribution in [0, 0.1) is 0 Å². The Balaban J connectivity index is 1.57. The van der Waals surface area contributed by atoms with Gasteiger partial charge in [-0.25, -0.2) is 14.7 Å². The minimum Gasteiger partial charge on any atom is -0.376 e. The molecule has 0 amide bonds. The van der Waals surface area contributed by atoms with Crippen LogP contribution in [0.15, 0.2) is 41.9 Å². The van der Waals surface area contributed by atoms with Gasteiger partial charge in [-0.2, -0.15) is 5.10 Å². The molecule has 0 saturated carbocycles. The van der Waals surface area contributed by atoms with Crippen molar-refractivity contribution in [1.29, 1.82) is 0 Å². The van der Waals surface area contributed by atoms with Crippen LogP contribution in [0.5, 0.6) is 0 Å². The number of nitrogens with one attached hydrogen (secondary N) is 2. The molecular formula is C18H26N6O. The highest BCUT2D eigenvalue weighted by Crippen LogP contribution is 2.11. The zero-order valence-corrected chi connectivity index (χ0v) is 14.7. The van der Waals surface area contributed by atoms with E-state index in [-0.39, 0.29) is 0 Å². The summed E-state index contributed by atoms with van der Waals surface area (Å²) in [6.45, 7) is 5.93. The van der Waals surface area contributed by atoms with Crippen molar-refractivity contribution in [3.05, 3.63) is 48.0 Å². The van der Waals surface area contributed by atoms with Gasteiger partial charge >= 0.3 is 0 Å². The molecule has 0 spiro atoms. The molecule has 7 heteroatoms. The standard InChI is InChI=1S/C18H26N6O/c1-2-20-18(22-11-17-7-4-8-25-17)21-10-15-5-3-6-16(9-15)12-24-14-19-13-23-24/h3,5-6,9,13-14,17H,2,4,7-8,10-12H2,1H3,(H2,20,21,22). The number of benzene rings is 1. The first-order chi connectivity index (χ1) is 12.3. The Morgan fingerprint density at radius 2 is 2.28 bits per heavy atom. The Morgan fingerprint density at radius 1 is 1.36 bits per heavy atom. The van der Waals surface area contributed by atoms with E-state index in [1.54, 1.807) is 12.7 Å². The van der Waals surface area contributed by atoms with Crippen molar-refractivity contribution < 1.29 is 4.74 Å². The number of nitrogens with zero attached hydrogens (tertiary/aromatic N) is 4. The van der Waals surface area contributed by atoms with Crippen molar-refractivity contribution >= 4 is 5.96 Å². The van der Waals surface area contributed by atoms with Crippen LogP contribution in [0.2, 0.25) is 0 Å². The summed E-state index contributed by atoms with van der Waals surface area (Å²) in [7, 11) is 0. The number of aliphatic imine (C=N–C) groups is 1. The number of aromatic nitrogens is 3. The summed E-state index contributed by atoms with van der Waals surface area (Å²) in [6.07, 6.45) is 5.85. The highest BCUT2D eigenvalue weighted by atomic mass is 16.5. The second-order valence-corrected chi connectivity index (χ2v) is 6.12. The molecule has 1 atom stereocenters. The van der Waals surface area contributed by atoms with E-state index in [1.165, 1.54) is 11.1 Å². The SMILES string of the molecule is CCNC(=NCc1cccc(Cn2cncn2)c1)NCC1CCCO1. The van der Waals surface area contributed by atoms with E-state index in [2.05, 4.69) is 56.9 Å². The maximum absolute atomic E-state index is 5.65. The van der Waals surface area contributed by atoms with E-state index in [1.807, 2.05) is 4.68 Å². The Hall–Kier alpha value is -2.41. The molecule has 1 aliphatic heterocycles. The van der Waals surface area contributed by atoms with Gasteiger partial charge in [-0.15, -0.1) is 0 Å². The van der Waals surface area contributed by atoms with E-state index in [0.29, 0.717) is 12.6 Å². The van der Waals surface area contributed by atoms with Crippen molar-refractivity contribution in [2.24, 2.45) is 4.99 Å². The van der Waals surface area contributed by atoms with Gasteiger partial charge in [0.05, 0.1) is 19.2 Å². The van der Waals surface area contributed by atoms with Gasteiger partial charge in [0, 0.05) is 19.7 Å². The first kappa shape index (κ1) is 17.4. The molecule has 2 N–H and O–H groups in total.